The van der Waals surface area contributed by atoms with Gasteiger partial charge in [-0.1, -0.05) is 60.7 Å². The molecule has 0 bridgehead atoms. The van der Waals surface area contributed by atoms with Crippen LogP contribution in [0.5, 0.6) is 0 Å². The number of hydrogen-bond acceptors (Lipinski definition) is 4. The summed E-state index contributed by atoms with van der Waals surface area (Å²) >= 11 is 1.61. The molecule has 1 atom stereocenters. The molecule has 0 radical (unpaired) electrons. The third-order valence-electron chi connectivity index (χ3n) is 3.98. The van der Waals surface area contributed by atoms with Gasteiger partial charge in [-0.05, 0) is 16.5 Å². The molecule has 122 valence electrons. The van der Waals surface area contributed by atoms with E-state index in [0.29, 0.717) is 12.3 Å². The third kappa shape index (κ3) is 3.51. The van der Waals surface area contributed by atoms with Crippen LogP contribution in [0.15, 0.2) is 66.1 Å². The minimum atomic E-state index is -0.889. The molecule has 0 saturated heterocycles. The van der Waals surface area contributed by atoms with E-state index in [9.17, 15) is 9.59 Å². The maximum Gasteiger partial charge on any atom is 0.287 e. The molecule has 0 aliphatic carbocycles. The highest BCUT2D eigenvalue weighted by Crippen LogP contribution is 2.33. The second-order valence-electron chi connectivity index (χ2n) is 5.57. The lowest BCUT2D eigenvalue weighted by molar-refractivity contribution is -0.138. The van der Waals surface area contributed by atoms with Gasteiger partial charge in [-0.25, -0.2) is 0 Å². The Hall–Kier alpha value is -2.53. The molecule has 2 aromatic carbocycles. The van der Waals surface area contributed by atoms with Gasteiger partial charge in [0, 0.05) is 6.42 Å². The van der Waals surface area contributed by atoms with Crippen LogP contribution in [0, 0.1) is 0 Å². The van der Waals surface area contributed by atoms with Crippen molar-refractivity contribution in [2.24, 2.45) is 5.73 Å². The first-order valence-electron chi connectivity index (χ1n) is 7.68. The van der Waals surface area contributed by atoms with Crippen molar-refractivity contribution in [2.45, 2.75) is 12.5 Å². The number of rotatable bonds is 6. The fourth-order valence-electron chi connectivity index (χ4n) is 2.78. The van der Waals surface area contributed by atoms with Gasteiger partial charge in [0.25, 0.3) is 5.91 Å². The van der Waals surface area contributed by atoms with E-state index in [0.717, 1.165) is 16.8 Å². The van der Waals surface area contributed by atoms with Gasteiger partial charge in [-0.2, -0.15) is 0 Å². The minimum absolute atomic E-state index is 0.452. The van der Waals surface area contributed by atoms with E-state index >= 15 is 0 Å². The lowest BCUT2D eigenvalue weighted by Crippen LogP contribution is -2.45. The van der Waals surface area contributed by atoms with Gasteiger partial charge in [0.2, 0.25) is 5.78 Å². The first kappa shape index (κ1) is 16.3. The zero-order valence-electron chi connectivity index (χ0n) is 13.1. The lowest BCUT2D eigenvalue weighted by Gasteiger charge is -2.30. The largest absolute Gasteiger partial charge is 0.363 e. The summed E-state index contributed by atoms with van der Waals surface area (Å²) in [5, 5.41) is 2.03. The Bertz CT molecular complexity index is 759. The van der Waals surface area contributed by atoms with Crippen LogP contribution >= 0.6 is 11.8 Å². The smallest absolute Gasteiger partial charge is 0.287 e. The summed E-state index contributed by atoms with van der Waals surface area (Å²) in [6.45, 7) is 0. The van der Waals surface area contributed by atoms with Crippen molar-refractivity contribution < 1.29 is 9.59 Å². The van der Waals surface area contributed by atoms with Gasteiger partial charge in [-0.15, -0.1) is 11.8 Å². The molecule has 0 unspecified atom stereocenters. The van der Waals surface area contributed by atoms with Crippen molar-refractivity contribution in [2.75, 3.05) is 5.88 Å². The fraction of sp³-hybridized carbons (Fsp3) is 0.158. The Labute approximate surface area is 145 Å². The standard InChI is InChI=1S/C19H18N2O2S/c20-19(23)18(22)16(11-14-7-3-1-4-8-14)21-13-24-12-17(21)15-9-5-2-6-10-15/h1-10,12,16H,11,13H2,(H2,20,23)/t16-/m0/s1. The maximum atomic E-state index is 12.5. The van der Waals surface area contributed by atoms with Crippen LogP contribution in [-0.4, -0.2) is 28.5 Å². The number of benzene rings is 2. The van der Waals surface area contributed by atoms with Crippen LogP contribution in [0.2, 0.25) is 0 Å². The second-order valence-corrected chi connectivity index (χ2v) is 6.40. The average molecular weight is 338 g/mol. The fourth-order valence-corrected chi connectivity index (χ4v) is 3.76. The molecule has 2 aromatic rings. The summed E-state index contributed by atoms with van der Waals surface area (Å²) in [4.78, 5) is 26.0. The molecule has 1 aliphatic heterocycles. The molecule has 0 saturated carbocycles. The Balaban J connectivity index is 1.91. The number of nitrogens with two attached hydrogens (primary N) is 1. The van der Waals surface area contributed by atoms with Crippen molar-refractivity contribution in [3.8, 4) is 0 Å². The first-order valence-corrected chi connectivity index (χ1v) is 8.73. The van der Waals surface area contributed by atoms with Crippen LogP contribution in [0.3, 0.4) is 0 Å². The number of primary amides is 1. The number of nitrogens with zero attached hydrogens (tertiary/aromatic N) is 1. The summed E-state index contributed by atoms with van der Waals surface area (Å²) in [5.41, 5.74) is 8.28. The van der Waals surface area contributed by atoms with Gasteiger partial charge in [0.15, 0.2) is 0 Å². The molecular formula is C19H18N2O2S. The summed E-state index contributed by atoms with van der Waals surface area (Å²) in [6.07, 6.45) is 0.452. The molecule has 1 aliphatic rings. The summed E-state index contributed by atoms with van der Waals surface area (Å²) < 4.78 is 0. The number of hydrogen-bond donors (Lipinski definition) is 1. The van der Waals surface area contributed by atoms with E-state index in [2.05, 4.69) is 0 Å². The van der Waals surface area contributed by atoms with Crippen molar-refractivity contribution in [1.82, 2.24) is 4.90 Å². The van der Waals surface area contributed by atoms with E-state index in [4.69, 9.17) is 5.73 Å². The zero-order chi connectivity index (χ0) is 16.9. The molecule has 24 heavy (non-hydrogen) atoms. The Kier molecular flexibility index (Phi) is 5.01. The molecule has 0 aromatic heterocycles. The van der Waals surface area contributed by atoms with E-state index in [-0.39, 0.29) is 0 Å². The zero-order valence-corrected chi connectivity index (χ0v) is 13.9. The van der Waals surface area contributed by atoms with Gasteiger partial charge >= 0.3 is 0 Å². The van der Waals surface area contributed by atoms with E-state index < -0.39 is 17.7 Å². The predicted octanol–water partition coefficient (Wildman–Crippen LogP) is 2.66. The topological polar surface area (TPSA) is 63.4 Å². The van der Waals surface area contributed by atoms with Crippen LogP contribution in [0.1, 0.15) is 11.1 Å². The van der Waals surface area contributed by atoms with Crippen molar-refractivity contribution in [3.63, 3.8) is 0 Å². The van der Waals surface area contributed by atoms with Gasteiger partial charge in [0.1, 0.15) is 6.04 Å². The molecular weight excluding hydrogens is 320 g/mol. The molecule has 0 fully saturated rings. The van der Waals surface area contributed by atoms with Crippen LogP contribution < -0.4 is 5.73 Å². The first-order chi connectivity index (χ1) is 11.7. The van der Waals surface area contributed by atoms with E-state index in [1.54, 1.807) is 11.8 Å². The van der Waals surface area contributed by atoms with Gasteiger partial charge < -0.3 is 10.6 Å². The molecule has 2 N–H and O–H groups in total. The Morgan fingerprint density at radius 3 is 2.29 bits per heavy atom. The summed E-state index contributed by atoms with van der Waals surface area (Å²) in [6, 6.07) is 19.0. The summed E-state index contributed by atoms with van der Waals surface area (Å²) in [7, 11) is 0. The molecule has 5 heteroatoms. The third-order valence-corrected chi connectivity index (χ3v) is 4.80. The predicted molar refractivity (Wildman–Crippen MR) is 96.9 cm³/mol. The quantitative estimate of drug-likeness (QED) is 0.823. The normalized spacial score (nSPS) is 15.0. The van der Waals surface area contributed by atoms with E-state index in [1.165, 1.54) is 0 Å². The molecule has 0 spiro atoms. The maximum absolute atomic E-state index is 12.5. The number of amides is 1. The molecule has 1 amide bonds. The van der Waals surface area contributed by atoms with E-state index in [1.807, 2.05) is 71.0 Å². The van der Waals surface area contributed by atoms with Crippen LogP contribution in [-0.2, 0) is 16.0 Å². The number of thioether (sulfide) groups is 1. The number of ketones is 1. The molecule has 4 nitrogen and oxygen atoms in total. The average Bonchev–Trinajstić information content (AvgIpc) is 3.10. The highest BCUT2D eigenvalue weighted by Gasteiger charge is 2.33. The SMILES string of the molecule is NC(=O)C(=O)[C@H](Cc1ccccc1)N1CSC=C1c1ccccc1. The monoisotopic (exact) mass is 338 g/mol. The Morgan fingerprint density at radius 2 is 1.67 bits per heavy atom. The molecule has 3 rings (SSSR count). The van der Waals surface area contributed by atoms with Crippen LogP contribution in [0.25, 0.3) is 5.70 Å². The number of carbonyl (C=O) groups is 2. The minimum Gasteiger partial charge on any atom is -0.363 e. The molecule has 1 heterocycles. The summed E-state index contributed by atoms with van der Waals surface area (Å²) in [5.74, 6) is -0.816. The van der Waals surface area contributed by atoms with Crippen LogP contribution in [0.4, 0.5) is 0 Å². The Morgan fingerprint density at radius 1 is 1.04 bits per heavy atom. The highest BCUT2D eigenvalue weighted by atomic mass is 32.2. The number of Topliss-reactive ketones (excluding diaryl/α,β-unsaturated/α-hetero) is 1. The van der Waals surface area contributed by atoms with Gasteiger partial charge in [0.05, 0.1) is 11.6 Å². The lowest BCUT2D eigenvalue weighted by atomic mass is 9.99. The van der Waals surface area contributed by atoms with Crippen molar-refractivity contribution >= 4 is 29.1 Å². The second kappa shape index (κ2) is 7.36. The van der Waals surface area contributed by atoms with Crippen molar-refractivity contribution in [1.29, 1.82) is 0 Å². The number of carbonyl (C=O) groups excluding carboxylic acids is 2. The van der Waals surface area contributed by atoms with Crippen molar-refractivity contribution in [3.05, 3.63) is 77.2 Å². The van der Waals surface area contributed by atoms with Gasteiger partial charge in [-0.3, -0.25) is 9.59 Å². The highest BCUT2D eigenvalue weighted by molar-refractivity contribution is 8.02.